The van der Waals surface area contributed by atoms with Crippen LogP contribution in [-0.2, 0) is 14.8 Å². The number of ether oxygens (including phenoxy) is 2. The van der Waals surface area contributed by atoms with Crippen LogP contribution in [0.15, 0.2) is 29.2 Å². The fourth-order valence-electron chi connectivity index (χ4n) is 3.35. The molecule has 1 aromatic carbocycles. The second kappa shape index (κ2) is 6.20. The van der Waals surface area contributed by atoms with Crippen LogP contribution in [0.25, 0.3) is 0 Å². The molecule has 2 saturated heterocycles. The second-order valence-electron chi connectivity index (χ2n) is 7.05. The van der Waals surface area contributed by atoms with Crippen molar-refractivity contribution in [2.75, 3.05) is 32.6 Å². The molecular weight excluding hydrogens is 346 g/mol. The van der Waals surface area contributed by atoms with Gasteiger partial charge in [-0.25, -0.2) is 8.42 Å². The summed E-state index contributed by atoms with van der Waals surface area (Å²) in [6, 6.07) is 6.61. The molecule has 0 N–H and O–H groups in total. The van der Waals surface area contributed by atoms with Gasteiger partial charge in [0.2, 0.25) is 10.0 Å². The van der Waals surface area contributed by atoms with E-state index in [1.165, 1.54) is 12.8 Å². The number of sulfonamides is 1. The molecular formula is C17H23NO4S2. The predicted molar refractivity (Wildman–Crippen MR) is 94.0 cm³/mol. The van der Waals surface area contributed by atoms with Crippen LogP contribution in [0.1, 0.15) is 19.3 Å². The van der Waals surface area contributed by atoms with Crippen LogP contribution in [0.2, 0.25) is 0 Å². The molecule has 0 amide bonds. The van der Waals surface area contributed by atoms with Crippen LogP contribution in [0.4, 0.5) is 0 Å². The van der Waals surface area contributed by atoms with E-state index >= 15 is 0 Å². The molecule has 0 unspecified atom stereocenters. The Hall–Kier alpha value is -0.760. The van der Waals surface area contributed by atoms with Gasteiger partial charge in [-0.2, -0.15) is 4.31 Å². The number of thioether (sulfide) groups is 1. The van der Waals surface area contributed by atoms with Gasteiger partial charge in [0.05, 0.1) is 18.1 Å². The van der Waals surface area contributed by atoms with Gasteiger partial charge < -0.3 is 9.47 Å². The van der Waals surface area contributed by atoms with E-state index in [1.54, 1.807) is 35.7 Å². The van der Waals surface area contributed by atoms with Gasteiger partial charge in [0, 0.05) is 30.2 Å². The number of rotatable bonds is 6. The molecule has 1 spiro atoms. The average Bonchev–Trinajstić information content (AvgIpc) is 3.28. The van der Waals surface area contributed by atoms with Crippen molar-refractivity contribution in [2.45, 2.75) is 35.0 Å². The Morgan fingerprint density at radius 1 is 1.25 bits per heavy atom. The maximum absolute atomic E-state index is 12.7. The largest absolute Gasteiger partial charge is 0.497 e. The first-order valence-corrected chi connectivity index (χ1v) is 10.8. The molecule has 0 aromatic heterocycles. The highest BCUT2D eigenvalue weighted by Gasteiger charge is 2.53. The molecule has 2 aliphatic heterocycles. The first kappa shape index (κ1) is 16.7. The van der Waals surface area contributed by atoms with E-state index in [9.17, 15) is 8.42 Å². The lowest BCUT2D eigenvalue weighted by atomic mass is 9.95. The van der Waals surface area contributed by atoms with Gasteiger partial charge in [0.1, 0.15) is 5.75 Å². The van der Waals surface area contributed by atoms with E-state index in [2.05, 4.69) is 0 Å². The first-order chi connectivity index (χ1) is 11.5. The quantitative estimate of drug-likeness (QED) is 0.771. The molecule has 5 nitrogen and oxygen atoms in total. The number of hydrogen-bond acceptors (Lipinski definition) is 5. The van der Waals surface area contributed by atoms with Gasteiger partial charge in [-0.15, -0.1) is 11.8 Å². The van der Waals surface area contributed by atoms with Gasteiger partial charge in [-0.3, -0.25) is 0 Å². The van der Waals surface area contributed by atoms with E-state index < -0.39 is 10.0 Å². The number of benzene rings is 1. The lowest BCUT2D eigenvalue weighted by Gasteiger charge is -2.46. The van der Waals surface area contributed by atoms with Crippen LogP contribution >= 0.6 is 11.8 Å². The van der Waals surface area contributed by atoms with Crippen molar-refractivity contribution in [3.05, 3.63) is 24.3 Å². The highest BCUT2D eigenvalue weighted by molar-refractivity contribution is 8.01. The number of methoxy groups -OCH3 is 1. The van der Waals surface area contributed by atoms with Crippen molar-refractivity contribution in [3.63, 3.8) is 0 Å². The molecule has 1 saturated carbocycles. The summed E-state index contributed by atoms with van der Waals surface area (Å²) in [5, 5.41) is 0. The molecule has 0 bridgehead atoms. The van der Waals surface area contributed by atoms with Crippen molar-refractivity contribution >= 4 is 21.8 Å². The van der Waals surface area contributed by atoms with Crippen LogP contribution in [0, 0.1) is 5.92 Å². The number of hydrogen-bond donors (Lipinski definition) is 0. The molecule has 3 fully saturated rings. The summed E-state index contributed by atoms with van der Waals surface area (Å²) in [6.45, 7) is 2.07. The highest BCUT2D eigenvalue weighted by Crippen LogP contribution is 2.48. The molecule has 24 heavy (non-hydrogen) atoms. The van der Waals surface area contributed by atoms with Crippen LogP contribution in [-0.4, -0.2) is 56.1 Å². The van der Waals surface area contributed by atoms with E-state index in [4.69, 9.17) is 9.47 Å². The highest BCUT2D eigenvalue weighted by atomic mass is 32.2. The summed E-state index contributed by atoms with van der Waals surface area (Å²) in [6.07, 6.45) is 3.87. The smallest absolute Gasteiger partial charge is 0.243 e. The van der Waals surface area contributed by atoms with E-state index in [1.807, 2.05) is 11.8 Å². The first-order valence-electron chi connectivity index (χ1n) is 8.41. The monoisotopic (exact) mass is 369 g/mol. The summed E-state index contributed by atoms with van der Waals surface area (Å²) in [5.74, 6) is 2.43. The normalized spacial score (nSPS) is 26.5. The molecule has 1 aromatic rings. The predicted octanol–water partition coefficient (Wildman–Crippen LogP) is 2.37. The van der Waals surface area contributed by atoms with Gasteiger partial charge in [0.25, 0.3) is 0 Å². The summed E-state index contributed by atoms with van der Waals surface area (Å²) in [4.78, 5) is 0.336. The molecule has 7 heteroatoms. The van der Waals surface area contributed by atoms with Crippen molar-refractivity contribution < 1.29 is 17.9 Å². The minimum atomic E-state index is -3.40. The molecule has 4 rings (SSSR count). The third kappa shape index (κ3) is 3.19. The molecule has 132 valence electrons. The zero-order valence-electron chi connectivity index (χ0n) is 13.8. The van der Waals surface area contributed by atoms with Crippen molar-refractivity contribution in [1.29, 1.82) is 0 Å². The molecule has 3 aliphatic rings. The van der Waals surface area contributed by atoms with Gasteiger partial charge >= 0.3 is 0 Å². The molecule has 0 radical (unpaired) electrons. The Labute approximate surface area is 147 Å². The second-order valence-corrected chi connectivity index (χ2v) is 10.5. The fraction of sp³-hybridized carbons (Fsp3) is 0.647. The lowest BCUT2D eigenvalue weighted by molar-refractivity contribution is 0.0446. The van der Waals surface area contributed by atoms with Gasteiger partial charge in [-0.05, 0) is 49.4 Å². The number of nitrogens with zero attached hydrogens (tertiary/aromatic N) is 1. The van der Waals surface area contributed by atoms with E-state index in [0.717, 1.165) is 24.7 Å². The maximum atomic E-state index is 12.7. The molecule has 1 aliphatic carbocycles. The zero-order chi connectivity index (χ0) is 16.8. The maximum Gasteiger partial charge on any atom is 0.243 e. The summed E-state index contributed by atoms with van der Waals surface area (Å²) >= 11 is 1.88. The fourth-order valence-corrected chi connectivity index (χ4v) is 6.68. The van der Waals surface area contributed by atoms with Crippen LogP contribution < -0.4 is 4.74 Å². The Balaban J connectivity index is 1.35. The minimum absolute atomic E-state index is 0.0633. The third-order valence-electron chi connectivity index (χ3n) is 5.07. The Bertz CT molecular complexity index is 694. The third-order valence-corrected chi connectivity index (χ3v) is 8.45. The Kier molecular flexibility index (Phi) is 4.31. The van der Waals surface area contributed by atoms with Gasteiger partial charge in [-0.1, -0.05) is 0 Å². The van der Waals surface area contributed by atoms with E-state index in [0.29, 0.717) is 29.8 Å². The standard InChI is InChI=1S/C17H23NO4S2/c1-21-14-4-6-16(7-5-14)24(19,20)18-11-17(12-18)8-15(10-23-17)22-9-13-2-3-13/h4-7,13,15H,2-3,8-12H2,1H3/t15-/m0/s1. The lowest BCUT2D eigenvalue weighted by Crippen LogP contribution is -2.60. The average molecular weight is 370 g/mol. The summed E-state index contributed by atoms with van der Waals surface area (Å²) in [7, 11) is -1.83. The van der Waals surface area contributed by atoms with Crippen molar-refractivity contribution in [1.82, 2.24) is 4.31 Å². The van der Waals surface area contributed by atoms with E-state index in [-0.39, 0.29) is 4.75 Å². The summed E-state index contributed by atoms with van der Waals surface area (Å²) in [5.41, 5.74) is 0. The topological polar surface area (TPSA) is 55.8 Å². The molecule has 2 heterocycles. The summed E-state index contributed by atoms with van der Waals surface area (Å²) < 4.78 is 38.1. The van der Waals surface area contributed by atoms with Crippen molar-refractivity contribution in [3.8, 4) is 5.75 Å². The van der Waals surface area contributed by atoms with Crippen LogP contribution in [0.5, 0.6) is 5.75 Å². The minimum Gasteiger partial charge on any atom is -0.497 e. The SMILES string of the molecule is COc1ccc(S(=O)(=O)N2CC3(C[C@H](OCC4CC4)CS3)C2)cc1. The van der Waals surface area contributed by atoms with Gasteiger partial charge in [0.15, 0.2) is 0 Å². The van der Waals surface area contributed by atoms with Crippen molar-refractivity contribution in [2.24, 2.45) is 5.92 Å². The Morgan fingerprint density at radius 2 is 1.96 bits per heavy atom. The van der Waals surface area contributed by atoms with Crippen LogP contribution in [0.3, 0.4) is 0 Å². The molecule has 1 atom stereocenters. The Morgan fingerprint density at radius 3 is 2.58 bits per heavy atom. The zero-order valence-corrected chi connectivity index (χ0v) is 15.4.